The molecule has 0 radical (unpaired) electrons. The lowest BCUT2D eigenvalue weighted by molar-refractivity contribution is -0.382. The van der Waals surface area contributed by atoms with Crippen LogP contribution in [0.4, 0.5) is 39.5 Å². The molecule has 0 fully saturated rings. The summed E-state index contributed by atoms with van der Waals surface area (Å²) in [4.78, 5) is 11.1. The lowest BCUT2D eigenvalue weighted by atomic mass is 10.1. The molecule has 1 rings (SSSR count). The van der Waals surface area contributed by atoms with Crippen LogP contribution >= 0.6 is 0 Å². The smallest absolute Gasteiger partial charge is 0.378 e. The van der Waals surface area contributed by atoms with E-state index in [1.165, 1.54) is 0 Å². The summed E-state index contributed by atoms with van der Waals surface area (Å²) in [5.74, 6) is -16.7. The van der Waals surface area contributed by atoms with Gasteiger partial charge in [0.15, 0.2) is 5.78 Å². The highest BCUT2D eigenvalue weighted by Gasteiger charge is 2.86. The molecule has 0 atom stereocenters. The molecule has 14 heteroatoms. The second-order valence-electron chi connectivity index (χ2n) is 4.78. The predicted molar refractivity (Wildman–Crippen MR) is 66.9 cm³/mol. The minimum Gasteiger partial charge on any atom is -0.378 e. The summed E-state index contributed by atoms with van der Waals surface area (Å²) in [5, 5.41) is -6.97. The van der Waals surface area contributed by atoms with Gasteiger partial charge in [0, 0.05) is 5.56 Å². The molecule has 4 nitrogen and oxygen atoms in total. The fourth-order valence-corrected chi connectivity index (χ4v) is 2.37. The Balaban J connectivity index is 3.37. The van der Waals surface area contributed by atoms with Crippen LogP contribution in [-0.4, -0.2) is 37.5 Å². The van der Waals surface area contributed by atoms with Gasteiger partial charge in [-0.25, -0.2) is 0 Å². The van der Waals surface area contributed by atoms with E-state index in [0.717, 1.165) is 19.1 Å². The lowest BCUT2D eigenvalue weighted by Crippen LogP contribution is -2.63. The van der Waals surface area contributed by atoms with Crippen molar-refractivity contribution in [2.75, 3.05) is 0 Å². The first kappa shape index (κ1) is 22.1. The molecule has 0 saturated heterocycles. The summed E-state index contributed by atoms with van der Waals surface area (Å²) < 4.78 is 141. The van der Waals surface area contributed by atoms with Gasteiger partial charge < -0.3 is 4.18 Å². The highest BCUT2D eigenvalue weighted by atomic mass is 32.2. The number of carbonyl (C=O) groups excluding carboxylic acids is 1. The number of hydrogen-bond donors (Lipinski definition) is 0. The van der Waals surface area contributed by atoms with Crippen molar-refractivity contribution in [2.45, 2.75) is 30.2 Å². The summed E-state index contributed by atoms with van der Waals surface area (Å²) in [5.41, 5.74) is -0.339. The van der Waals surface area contributed by atoms with Gasteiger partial charge in [-0.15, -0.1) is 0 Å². The summed E-state index contributed by atoms with van der Waals surface area (Å²) in [6, 6.07) is 2.95. The van der Waals surface area contributed by atoms with E-state index in [0.29, 0.717) is 12.1 Å². The fourth-order valence-electron chi connectivity index (χ4n) is 1.46. The molecule has 1 aromatic rings. The number of rotatable bonds is 6. The van der Waals surface area contributed by atoms with E-state index >= 15 is 0 Å². The molecule has 0 unspecified atom stereocenters. The zero-order valence-electron chi connectivity index (χ0n) is 12.3. The van der Waals surface area contributed by atoms with Gasteiger partial charge in [0.1, 0.15) is 5.75 Å². The van der Waals surface area contributed by atoms with Crippen molar-refractivity contribution < 1.29 is 56.9 Å². The number of benzene rings is 1. The Kier molecular flexibility index (Phi) is 5.36. The summed E-state index contributed by atoms with van der Waals surface area (Å²) in [6.07, 6.45) is -7.18. The van der Waals surface area contributed by atoms with E-state index in [9.17, 15) is 52.7 Å². The Morgan fingerprint density at radius 2 is 1.42 bits per heavy atom. The summed E-state index contributed by atoms with van der Waals surface area (Å²) >= 11 is 0. The van der Waals surface area contributed by atoms with Crippen LogP contribution in [0.1, 0.15) is 17.3 Å². The van der Waals surface area contributed by atoms with Gasteiger partial charge in [-0.3, -0.25) is 4.79 Å². The molecule has 148 valence electrons. The maximum absolute atomic E-state index is 13.4. The molecule has 0 spiro atoms. The first-order chi connectivity index (χ1) is 11.4. The first-order valence-electron chi connectivity index (χ1n) is 6.13. The second-order valence-corrected chi connectivity index (χ2v) is 6.37. The standard InChI is InChI=1S/C12H7F9O4S/c1-6(22)7-3-2-4-8(5-7)25-26(23,24)12(20,21)10(15,16)9(13,14)11(17,18)19/h2-5H,1H3. The van der Waals surface area contributed by atoms with Crippen LogP contribution in [0.3, 0.4) is 0 Å². The van der Waals surface area contributed by atoms with E-state index < -0.39 is 44.9 Å². The monoisotopic (exact) mass is 418 g/mol. The summed E-state index contributed by atoms with van der Waals surface area (Å²) in [6.45, 7) is 0.945. The van der Waals surface area contributed by atoms with Crippen LogP contribution in [-0.2, 0) is 10.1 Å². The molecule has 0 aliphatic rings. The molecule has 1 aromatic carbocycles. The molecule has 0 saturated carbocycles. The van der Waals surface area contributed by atoms with Crippen molar-refractivity contribution in [3.63, 3.8) is 0 Å². The maximum atomic E-state index is 13.4. The van der Waals surface area contributed by atoms with Gasteiger partial charge in [-0.05, 0) is 19.1 Å². The fraction of sp³-hybridized carbons (Fsp3) is 0.417. The van der Waals surface area contributed by atoms with E-state index in [1.54, 1.807) is 0 Å². The zero-order chi connectivity index (χ0) is 20.8. The third-order valence-electron chi connectivity index (χ3n) is 2.88. The van der Waals surface area contributed by atoms with Crippen LogP contribution in [0.5, 0.6) is 5.75 Å². The topological polar surface area (TPSA) is 60.4 Å². The highest BCUT2D eigenvalue weighted by Crippen LogP contribution is 2.54. The van der Waals surface area contributed by atoms with Gasteiger partial charge >= 0.3 is 33.4 Å². The van der Waals surface area contributed by atoms with Crippen molar-refractivity contribution in [1.82, 2.24) is 0 Å². The van der Waals surface area contributed by atoms with Gasteiger partial charge in [0.25, 0.3) is 0 Å². The summed E-state index contributed by atoms with van der Waals surface area (Å²) in [7, 11) is -7.03. The number of carbonyl (C=O) groups is 1. The number of ketones is 1. The van der Waals surface area contributed by atoms with E-state index in [2.05, 4.69) is 4.18 Å². The molecule has 0 amide bonds. The highest BCUT2D eigenvalue weighted by molar-refractivity contribution is 7.88. The molecule has 26 heavy (non-hydrogen) atoms. The predicted octanol–water partition coefficient (Wildman–Crippen LogP) is 4.02. The third-order valence-corrected chi connectivity index (χ3v) is 4.17. The Labute approximate surface area is 139 Å². The molecule has 0 aliphatic carbocycles. The van der Waals surface area contributed by atoms with Gasteiger partial charge in [-0.2, -0.15) is 47.9 Å². The van der Waals surface area contributed by atoms with Crippen LogP contribution in [0.2, 0.25) is 0 Å². The molecule has 0 aliphatic heterocycles. The molecule has 0 aromatic heterocycles. The maximum Gasteiger partial charge on any atom is 0.460 e. The largest absolute Gasteiger partial charge is 0.460 e. The van der Waals surface area contributed by atoms with Crippen LogP contribution in [0.25, 0.3) is 0 Å². The molecule has 0 heterocycles. The number of Topliss-reactive ketones (excluding diaryl/α,β-unsaturated/α-hetero) is 1. The average molecular weight is 418 g/mol. The Morgan fingerprint density at radius 3 is 1.85 bits per heavy atom. The SMILES string of the molecule is CC(=O)c1cccc(OS(=O)(=O)C(F)(F)C(F)(F)C(F)(F)C(F)(F)F)c1. The molecule has 0 bridgehead atoms. The Morgan fingerprint density at radius 1 is 0.923 bits per heavy atom. The number of halogens is 9. The minimum absolute atomic E-state index is 0.339. The molecule has 0 N–H and O–H groups in total. The minimum atomic E-state index is -7.39. The number of hydrogen-bond acceptors (Lipinski definition) is 4. The van der Waals surface area contributed by atoms with Crippen LogP contribution in [0.15, 0.2) is 24.3 Å². The quantitative estimate of drug-likeness (QED) is 0.398. The Hall–Kier alpha value is -1.99. The van der Waals surface area contributed by atoms with Crippen molar-refractivity contribution >= 4 is 15.9 Å². The zero-order valence-corrected chi connectivity index (χ0v) is 13.1. The van der Waals surface area contributed by atoms with Gasteiger partial charge in [-0.1, -0.05) is 12.1 Å². The van der Waals surface area contributed by atoms with E-state index in [1.807, 2.05) is 0 Å². The van der Waals surface area contributed by atoms with Crippen molar-refractivity contribution in [3.8, 4) is 5.75 Å². The van der Waals surface area contributed by atoms with Crippen molar-refractivity contribution in [1.29, 1.82) is 0 Å². The van der Waals surface area contributed by atoms with Crippen molar-refractivity contribution in [3.05, 3.63) is 29.8 Å². The second kappa shape index (κ2) is 6.32. The third kappa shape index (κ3) is 3.46. The lowest BCUT2D eigenvalue weighted by Gasteiger charge is -2.32. The van der Waals surface area contributed by atoms with Gasteiger partial charge in [0.05, 0.1) is 0 Å². The van der Waals surface area contributed by atoms with Gasteiger partial charge in [0.2, 0.25) is 0 Å². The number of alkyl halides is 9. The molecular weight excluding hydrogens is 411 g/mol. The molecular formula is C12H7F9O4S. The van der Waals surface area contributed by atoms with E-state index in [-0.39, 0.29) is 5.56 Å². The first-order valence-corrected chi connectivity index (χ1v) is 7.54. The van der Waals surface area contributed by atoms with Crippen LogP contribution < -0.4 is 4.18 Å². The van der Waals surface area contributed by atoms with Crippen molar-refractivity contribution in [2.24, 2.45) is 0 Å². The van der Waals surface area contributed by atoms with E-state index in [4.69, 9.17) is 0 Å². The normalized spacial score (nSPS) is 14.2. The van der Waals surface area contributed by atoms with Crippen LogP contribution in [0, 0.1) is 0 Å². The Bertz CT molecular complexity index is 799. The average Bonchev–Trinajstić information content (AvgIpc) is 2.45.